The molecule has 2 rings (SSSR count). The van der Waals surface area contributed by atoms with Crippen LogP contribution < -0.4 is 5.32 Å². The van der Waals surface area contributed by atoms with E-state index in [1.54, 1.807) is 18.3 Å². The predicted molar refractivity (Wildman–Crippen MR) is 63.2 cm³/mol. The minimum absolute atomic E-state index is 0.0152. The summed E-state index contributed by atoms with van der Waals surface area (Å²) in [6, 6.07) is 5.95. The van der Waals surface area contributed by atoms with E-state index in [0.29, 0.717) is 5.69 Å². The standard InChI is InChI=1S/C12H12FN3O2/c13-10-3-1-2-4-11(10)15-12(18)6-16-5-9(7-17)14-8-16/h1-5,8,17H,6-7H2,(H,15,18). The van der Waals surface area contributed by atoms with E-state index in [1.807, 2.05) is 0 Å². The number of amides is 1. The maximum Gasteiger partial charge on any atom is 0.244 e. The molecule has 0 bridgehead atoms. The van der Waals surface area contributed by atoms with Crippen LogP contribution in [0.2, 0.25) is 0 Å². The zero-order chi connectivity index (χ0) is 13.0. The average Bonchev–Trinajstić information content (AvgIpc) is 2.80. The molecule has 5 nitrogen and oxygen atoms in total. The van der Waals surface area contributed by atoms with Crippen LogP contribution in [0.25, 0.3) is 0 Å². The van der Waals surface area contributed by atoms with E-state index < -0.39 is 5.82 Å². The van der Waals surface area contributed by atoms with Crippen LogP contribution in [0.3, 0.4) is 0 Å². The van der Waals surface area contributed by atoms with Crippen molar-refractivity contribution in [1.82, 2.24) is 9.55 Å². The van der Waals surface area contributed by atoms with Gasteiger partial charge in [0.25, 0.3) is 0 Å². The van der Waals surface area contributed by atoms with Crippen molar-refractivity contribution in [1.29, 1.82) is 0 Å². The highest BCUT2D eigenvalue weighted by atomic mass is 19.1. The van der Waals surface area contributed by atoms with Gasteiger partial charge < -0.3 is 15.0 Å². The lowest BCUT2D eigenvalue weighted by atomic mass is 10.3. The summed E-state index contributed by atoms with van der Waals surface area (Å²) in [5.41, 5.74) is 0.624. The molecule has 1 amide bonds. The summed E-state index contributed by atoms with van der Waals surface area (Å²) in [7, 11) is 0. The highest BCUT2D eigenvalue weighted by molar-refractivity contribution is 5.90. The number of anilines is 1. The molecule has 6 heteroatoms. The molecule has 0 unspecified atom stereocenters. The van der Waals surface area contributed by atoms with Gasteiger partial charge in [0.15, 0.2) is 0 Å². The van der Waals surface area contributed by atoms with Crippen molar-refractivity contribution in [3.8, 4) is 0 Å². The van der Waals surface area contributed by atoms with E-state index in [4.69, 9.17) is 5.11 Å². The molecule has 0 aliphatic rings. The number of aliphatic hydroxyl groups is 1. The predicted octanol–water partition coefficient (Wildman–Crippen LogP) is 1.15. The molecule has 0 aliphatic carbocycles. The second-order valence-corrected chi connectivity index (χ2v) is 3.72. The number of nitrogens with one attached hydrogen (secondary N) is 1. The first-order valence-electron chi connectivity index (χ1n) is 5.35. The van der Waals surface area contributed by atoms with E-state index in [1.165, 1.54) is 23.0 Å². The Morgan fingerprint density at radius 2 is 2.22 bits per heavy atom. The molecule has 1 aromatic heterocycles. The molecule has 0 fully saturated rings. The smallest absolute Gasteiger partial charge is 0.244 e. The fourth-order valence-corrected chi connectivity index (χ4v) is 1.49. The van der Waals surface area contributed by atoms with Gasteiger partial charge in [-0.05, 0) is 12.1 Å². The van der Waals surface area contributed by atoms with Crippen LogP contribution in [0.15, 0.2) is 36.8 Å². The summed E-state index contributed by atoms with van der Waals surface area (Å²) >= 11 is 0. The fraction of sp³-hybridized carbons (Fsp3) is 0.167. The van der Waals surface area contributed by atoms with Crippen LogP contribution in [0.4, 0.5) is 10.1 Å². The fourth-order valence-electron chi connectivity index (χ4n) is 1.49. The Balaban J connectivity index is 1.99. The summed E-state index contributed by atoms with van der Waals surface area (Å²) in [6.07, 6.45) is 2.99. The Bertz CT molecular complexity index is 554. The monoisotopic (exact) mass is 249 g/mol. The van der Waals surface area contributed by atoms with Gasteiger partial charge >= 0.3 is 0 Å². The summed E-state index contributed by atoms with van der Waals surface area (Å²) in [6.45, 7) is -0.163. The van der Waals surface area contributed by atoms with Gasteiger partial charge in [-0.15, -0.1) is 0 Å². The number of para-hydroxylation sites is 1. The zero-order valence-electron chi connectivity index (χ0n) is 9.51. The van der Waals surface area contributed by atoms with Gasteiger partial charge in [-0.3, -0.25) is 4.79 Å². The number of carbonyl (C=O) groups is 1. The van der Waals surface area contributed by atoms with Crippen molar-refractivity contribution in [2.24, 2.45) is 0 Å². The summed E-state index contributed by atoms with van der Waals surface area (Å²) in [5, 5.41) is 11.3. The van der Waals surface area contributed by atoms with Crippen molar-refractivity contribution in [2.45, 2.75) is 13.2 Å². The third-order valence-electron chi connectivity index (χ3n) is 2.32. The average molecular weight is 249 g/mol. The quantitative estimate of drug-likeness (QED) is 0.854. The van der Waals surface area contributed by atoms with Crippen LogP contribution in [-0.4, -0.2) is 20.6 Å². The Morgan fingerprint density at radius 1 is 1.44 bits per heavy atom. The van der Waals surface area contributed by atoms with Gasteiger partial charge in [-0.25, -0.2) is 9.37 Å². The molecule has 94 valence electrons. The molecule has 18 heavy (non-hydrogen) atoms. The number of nitrogens with zero attached hydrogens (tertiary/aromatic N) is 2. The minimum atomic E-state index is -0.479. The third kappa shape index (κ3) is 2.92. The second kappa shape index (κ2) is 5.42. The van der Waals surface area contributed by atoms with E-state index in [2.05, 4.69) is 10.3 Å². The molecule has 0 saturated carbocycles. The number of aliphatic hydroxyl groups excluding tert-OH is 1. The number of aromatic nitrogens is 2. The molecular weight excluding hydrogens is 237 g/mol. The van der Waals surface area contributed by atoms with Gasteiger partial charge in [-0.1, -0.05) is 12.1 Å². The SMILES string of the molecule is O=C(Cn1cnc(CO)c1)Nc1ccccc1F. The Hall–Kier alpha value is -2.21. The maximum absolute atomic E-state index is 13.3. The lowest BCUT2D eigenvalue weighted by Gasteiger charge is -2.06. The van der Waals surface area contributed by atoms with Crippen LogP contribution in [0, 0.1) is 5.82 Å². The number of halogens is 1. The van der Waals surface area contributed by atoms with Crippen LogP contribution in [-0.2, 0) is 17.9 Å². The van der Waals surface area contributed by atoms with Gasteiger partial charge in [0.05, 0.1) is 24.3 Å². The number of imidazole rings is 1. The molecule has 0 spiro atoms. The lowest BCUT2D eigenvalue weighted by molar-refractivity contribution is -0.116. The molecule has 2 N–H and O–H groups in total. The van der Waals surface area contributed by atoms with Gasteiger partial charge in [-0.2, -0.15) is 0 Å². The van der Waals surface area contributed by atoms with E-state index in [0.717, 1.165) is 0 Å². The molecule has 0 atom stereocenters. The van der Waals surface area contributed by atoms with Crippen molar-refractivity contribution in [2.75, 3.05) is 5.32 Å². The van der Waals surface area contributed by atoms with E-state index in [-0.39, 0.29) is 24.7 Å². The highest BCUT2D eigenvalue weighted by Gasteiger charge is 2.07. The first kappa shape index (κ1) is 12.3. The maximum atomic E-state index is 13.3. The van der Waals surface area contributed by atoms with Crippen LogP contribution >= 0.6 is 0 Å². The van der Waals surface area contributed by atoms with Crippen molar-refractivity contribution < 1.29 is 14.3 Å². The highest BCUT2D eigenvalue weighted by Crippen LogP contribution is 2.12. The summed E-state index contributed by atoms with van der Waals surface area (Å²) in [5.74, 6) is -0.838. The number of rotatable bonds is 4. The van der Waals surface area contributed by atoms with Crippen molar-refractivity contribution in [3.05, 3.63) is 48.3 Å². The molecule has 1 aromatic carbocycles. The Labute approximate surface area is 103 Å². The lowest BCUT2D eigenvalue weighted by Crippen LogP contribution is -2.18. The molecule has 1 heterocycles. The van der Waals surface area contributed by atoms with Crippen molar-refractivity contribution >= 4 is 11.6 Å². The van der Waals surface area contributed by atoms with Crippen LogP contribution in [0.1, 0.15) is 5.69 Å². The normalized spacial score (nSPS) is 10.3. The van der Waals surface area contributed by atoms with E-state index >= 15 is 0 Å². The van der Waals surface area contributed by atoms with Gasteiger partial charge in [0, 0.05) is 6.20 Å². The molecule has 0 radical (unpaired) electrons. The first-order valence-corrected chi connectivity index (χ1v) is 5.35. The zero-order valence-corrected chi connectivity index (χ0v) is 9.51. The summed E-state index contributed by atoms with van der Waals surface area (Å²) in [4.78, 5) is 15.5. The molecule has 2 aromatic rings. The number of hydrogen-bond donors (Lipinski definition) is 2. The first-order chi connectivity index (χ1) is 8.69. The third-order valence-corrected chi connectivity index (χ3v) is 2.32. The number of hydrogen-bond acceptors (Lipinski definition) is 3. The van der Waals surface area contributed by atoms with Crippen molar-refractivity contribution in [3.63, 3.8) is 0 Å². The molecule has 0 aliphatic heterocycles. The van der Waals surface area contributed by atoms with Gasteiger partial charge in [0.1, 0.15) is 12.4 Å². The number of carbonyl (C=O) groups excluding carboxylic acids is 1. The topological polar surface area (TPSA) is 67.2 Å². The largest absolute Gasteiger partial charge is 0.390 e. The summed E-state index contributed by atoms with van der Waals surface area (Å²) < 4.78 is 14.8. The molecular formula is C12H12FN3O2. The Kier molecular flexibility index (Phi) is 3.69. The Morgan fingerprint density at radius 3 is 2.89 bits per heavy atom. The van der Waals surface area contributed by atoms with Crippen LogP contribution in [0.5, 0.6) is 0 Å². The molecule has 0 saturated heterocycles. The second-order valence-electron chi connectivity index (χ2n) is 3.72. The minimum Gasteiger partial charge on any atom is -0.390 e. The van der Waals surface area contributed by atoms with E-state index in [9.17, 15) is 9.18 Å². The number of benzene rings is 1. The van der Waals surface area contributed by atoms with Gasteiger partial charge in [0.2, 0.25) is 5.91 Å².